The van der Waals surface area contributed by atoms with E-state index in [0.717, 1.165) is 18.6 Å². The molecular weight excluding hydrogens is 136 g/mol. The van der Waals surface area contributed by atoms with Crippen molar-refractivity contribution in [2.75, 3.05) is 0 Å². The number of hydrogen-bond acceptors (Lipinski definition) is 1. The van der Waals surface area contributed by atoms with Crippen molar-refractivity contribution in [2.45, 2.75) is 40.0 Å². The summed E-state index contributed by atoms with van der Waals surface area (Å²) in [4.78, 5) is 10.7. The van der Waals surface area contributed by atoms with Crippen molar-refractivity contribution in [1.82, 2.24) is 0 Å². The van der Waals surface area contributed by atoms with Crippen molar-refractivity contribution >= 4 is 6.29 Å². The second-order valence-corrected chi connectivity index (χ2v) is 4.90. The standard InChI is InChI=1S/C10H18O/c1-10(2,3)6-9(7-11)8-4-5-8/h7-9H,4-6H2,1-3H3. The molecule has 1 fully saturated rings. The normalized spacial score (nSPS) is 21.4. The van der Waals surface area contributed by atoms with Crippen LogP contribution in [0.5, 0.6) is 0 Å². The van der Waals surface area contributed by atoms with Crippen LogP contribution in [0.1, 0.15) is 40.0 Å². The lowest BCUT2D eigenvalue weighted by Crippen LogP contribution is -2.15. The summed E-state index contributed by atoms with van der Waals surface area (Å²) < 4.78 is 0. The Labute approximate surface area is 69.2 Å². The third-order valence-corrected chi connectivity index (χ3v) is 2.25. The second-order valence-electron chi connectivity index (χ2n) is 4.90. The summed E-state index contributed by atoms with van der Waals surface area (Å²) in [7, 11) is 0. The molecule has 0 saturated heterocycles. The van der Waals surface area contributed by atoms with Crippen LogP contribution < -0.4 is 0 Å². The summed E-state index contributed by atoms with van der Waals surface area (Å²) in [6.07, 6.45) is 4.77. The van der Waals surface area contributed by atoms with Crippen molar-refractivity contribution in [3.8, 4) is 0 Å². The zero-order valence-corrected chi connectivity index (χ0v) is 7.76. The van der Waals surface area contributed by atoms with Gasteiger partial charge in [-0.3, -0.25) is 0 Å². The van der Waals surface area contributed by atoms with Crippen LogP contribution in [0.2, 0.25) is 0 Å². The van der Waals surface area contributed by atoms with E-state index in [4.69, 9.17) is 0 Å². The average Bonchev–Trinajstić information content (AvgIpc) is 2.61. The van der Waals surface area contributed by atoms with Gasteiger partial charge in [-0.25, -0.2) is 0 Å². The van der Waals surface area contributed by atoms with E-state index in [1.165, 1.54) is 12.8 Å². The highest BCUT2D eigenvalue weighted by molar-refractivity contribution is 5.54. The van der Waals surface area contributed by atoms with E-state index >= 15 is 0 Å². The van der Waals surface area contributed by atoms with Crippen LogP contribution in [0.25, 0.3) is 0 Å². The molecule has 0 radical (unpaired) electrons. The predicted molar refractivity (Wildman–Crippen MR) is 46.4 cm³/mol. The van der Waals surface area contributed by atoms with Crippen LogP contribution in [0, 0.1) is 17.3 Å². The van der Waals surface area contributed by atoms with Crippen molar-refractivity contribution in [1.29, 1.82) is 0 Å². The van der Waals surface area contributed by atoms with E-state index in [2.05, 4.69) is 20.8 Å². The average molecular weight is 154 g/mol. The maximum absolute atomic E-state index is 10.7. The summed E-state index contributed by atoms with van der Waals surface area (Å²) in [5.74, 6) is 1.07. The summed E-state index contributed by atoms with van der Waals surface area (Å²) in [5.41, 5.74) is 0.314. The fourth-order valence-corrected chi connectivity index (χ4v) is 1.56. The molecule has 1 rings (SSSR count). The first-order chi connectivity index (χ1) is 5.03. The highest BCUT2D eigenvalue weighted by Gasteiger charge is 2.33. The summed E-state index contributed by atoms with van der Waals surface area (Å²) >= 11 is 0. The largest absolute Gasteiger partial charge is 0.303 e. The van der Waals surface area contributed by atoms with Gasteiger partial charge in [0.25, 0.3) is 0 Å². The van der Waals surface area contributed by atoms with Gasteiger partial charge in [0.15, 0.2) is 0 Å². The van der Waals surface area contributed by atoms with E-state index < -0.39 is 0 Å². The van der Waals surface area contributed by atoms with Gasteiger partial charge in [0, 0.05) is 5.92 Å². The summed E-state index contributed by atoms with van der Waals surface area (Å²) in [6.45, 7) is 6.60. The molecule has 0 aromatic heterocycles. The molecule has 0 N–H and O–H groups in total. The first-order valence-corrected chi connectivity index (χ1v) is 4.48. The molecule has 0 aromatic carbocycles. The zero-order valence-electron chi connectivity index (χ0n) is 7.76. The van der Waals surface area contributed by atoms with Gasteiger partial charge in [-0.1, -0.05) is 20.8 Å². The van der Waals surface area contributed by atoms with Crippen LogP contribution in [0.4, 0.5) is 0 Å². The molecule has 1 aliphatic carbocycles. The first-order valence-electron chi connectivity index (χ1n) is 4.48. The van der Waals surface area contributed by atoms with E-state index in [1.54, 1.807) is 0 Å². The minimum absolute atomic E-state index is 0.314. The molecule has 1 saturated carbocycles. The zero-order chi connectivity index (χ0) is 8.48. The van der Waals surface area contributed by atoms with Crippen molar-refractivity contribution in [3.63, 3.8) is 0 Å². The lowest BCUT2D eigenvalue weighted by molar-refractivity contribution is -0.112. The van der Waals surface area contributed by atoms with Gasteiger partial charge < -0.3 is 4.79 Å². The third kappa shape index (κ3) is 3.04. The van der Waals surface area contributed by atoms with Gasteiger partial charge >= 0.3 is 0 Å². The number of hydrogen-bond donors (Lipinski definition) is 0. The fraction of sp³-hybridized carbons (Fsp3) is 0.900. The van der Waals surface area contributed by atoms with Crippen LogP contribution >= 0.6 is 0 Å². The van der Waals surface area contributed by atoms with E-state index in [1.807, 2.05) is 0 Å². The molecule has 1 heteroatoms. The Kier molecular flexibility index (Phi) is 2.36. The lowest BCUT2D eigenvalue weighted by Gasteiger charge is -2.21. The minimum atomic E-state index is 0.314. The molecule has 0 aromatic rings. The molecule has 1 atom stereocenters. The van der Waals surface area contributed by atoms with Crippen LogP contribution in [0.15, 0.2) is 0 Å². The number of rotatable bonds is 3. The minimum Gasteiger partial charge on any atom is -0.303 e. The van der Waals surface area contributed by atoms with Crippen molar-refractivity contribution < 1.29 is 4.79 Å². The maximum Gasteiger partial charge on any atom is 0.123 e. The topological polar surface area (TPSA) is 17.1 Å². The Morgan fingerprint density at radius 1 is 1.45 bits per heavy atom. The van der Waals surface area contributed by atoms with Crippen molar-refractivity contribution in [3.05, 3.63) is 0 Å². The molecule has 0 aliphatic heterocycles. The predicted octanol–water partition coefficient (Wildman–Crippen LogP) is 2.65. The van der Waals surface area contributed by atoms with E-state index in [-0.39, 0.29) is 0 Å². The molecule has 0 amide bonds. The Hall–Kier alpha value is -0.330. The highest BCUT2D eigenvalue weighted by atomic mass is 16.1. The highest BCUT2D eigenvalue weighted by Crippen LogP contribution is 2.40. The van der Waals surface area contributed by atoms with Gasteiger partial charge in [-0.2, -0.15) is 0 Å². The molecule has 11 heavy (non-hydrogen) atoms. The smallest absolute Gasteiger partial charge is 0.123 e. The Balaban J connectivity index is 2.37. The number of carbonyl (C=O) groups is 1. The fourth-order valence-electron chi connectivity index (χ4n) is 1.56. The Bertz CT molecular complexity index is 139. The van der Waals surface area contributed by atoms with Crippen LogP contribution in [0.3, 0.4) is 0 Å². The molecule has 64 valence electrons. The number of carbonyl (C=O) groups excluding carboxylic acids is 1. The van der Waals surface area contributed by atoms with Gasteiger partial charge in [-0.05, 0) is 30.6 Å². The van der Waals surface area contributed by atoms with Gasteiger partial charge in [0.1, 0.15) is 6.29 Å². The molecule has 1 unspecified atom stereocenters. The molecular formula is C10H18O. The molecule has 1 nitrogen and oxygen atoms in total. The SMILES string of the molecule is CC(C)(C)CC(C=O)C1CC1. The Morgan fingerprint density at radius 2 is 2.00 bits per heavy atom. The molecule has 0 spiro atoms. The van der Waals surface area contributed by atoms with Crippen LogP contribution in [-0.2, 0) is 4.79 Å². The molecule has 0 heterocycles. The lowest BCUT2D eigenvalue weighted by atomic mass is 9.83. The van der Waals surface area contributed by atoms with E-state index in [0.29, 0.717) is 11.3 Å². The first kappa shape index (κ1) is 8.76. The van der Waals surface area contributed by atoms with Gasteiger partial charge in [-0.15, -0.1) is 0 Å². The summed E-state index contributed by atoms with van der Waals surface area (Å²) in [6, 6.07) is 0. The molecule has 0 bridgehead atoms. The second kappa shape index (κ2) is 2.96. The summed E-state index contributed by atoms with van der Waals surface area (Å²) in [5, 5.41) is 0. The van der Waals surface area contributed by atoms with Crippen molar-refractivity contribution in [2.24, 2.45) is 17.3 Å². The monoisotopic (exact) mass is 154 g/mol. The van der Waals surface area contributed by atoms with Gasteiger partial charge in [0.05, 0.1) is 0 Å². The van der Waals surface area contributed by atoms with Gasteiger partial charge in [0.2, 0.25) is 0 Å². The molecule has 1 aliphatic rings. The van der Waals surface area contributed by atoms with E-state index in [9.17, 15) is 4.79 Å². The Morgan fingerprint density at radius 3 is 2.27 bits per heavy atom. The maximum atomic E-state index is 10.7. The number of aldehydes is 1. The van der Waals surface area contributed by atoms with Crippen LogP contribution in [-0.4, -0.2) is 6.29 Å². The quantitative estimate of drug-likeness (QED) is 0.571. The third-order valence-electron chi connectivity index (χ3n) is 2.25.